The Hall–Kier alpha value is -2.46. The lowest BCUT2D eigenvalue weighted by Gasteiger charge is -2.30. The monoisotopic (exact) mass is 338 g/mol. The lowest BCUT2D eigenvalue weighted by Crippen LogP contribution is -2.36. The lowest BCUT2D eigenvalue weighted by atomic mass is 9.89. The fraction of sp³-hybridized carbons (Fsp3) is 0.286. The maximum atomic E-state index is 13.0. The van der Waals surface area contributed by atoms with E-state index in [-0.39, 0.29) is 17.5 Å². The molecule has 0 aromatic heterocycles. The average Bonchev–Trinajstić information content (AvgIpc) is 2.64. The van der Waals surface area contributed by atoms with Gasteiger partial charge in [0.15, 0.2) is 5.78 Å². The molecule has 3 rings (SSSR count). The SMILES string of the molecule is Nc1ccc(C=CCN2CCC(C(=O)c3ccc(F)cc3)CC2)cc1. The molecule has 2 N–H and O–H groups in total. The molecule has 3 nitrogen and oxygen atoms in total. The molecular weight excluding hydrogens is 315 g/mol. The molecule has 2 aromatic rings. The van der Waals surface area contributed by atoms with Crippen molar-refractivity contribution in [2.75, 3.05) is 25.4 Å². The summed E-state index contributed by atoms with van der Waals surface area (Å²) in [6.07, 6.45) is 5.95. The smallest absolute Gasteiger partial charge is 0.166 e. The minimum absolute atomic E-state index is 0.0442. The average molecular weight is 338 g/mol. The summed E-state index contributed by atoms with van der Waals surface area (Å²) in [5.74, 6) is -0.126. The number of ketones is 1. The third-order valence-electron chi connectivity index (χ3n) is 4.70. The number of piperidine rings is 1. The second-order valence-corrected chi connectivity index (χ2v) is 6.52. The number of carbonyl (C=O) groups excluding carboxylic acids is 1. The van der Waals surface area contributed by atoms with Crippen molar-refractivity contribution in [1.29, 1.82) is 0 Å². The molecule has 0 atom stereocenters. The van der Waals surface area contributed by atoms with Crippen LogP contribution in [0.2, 0.25) is 0 Å². The standard InChI is InChI=1S/C21H23FN2O/c22-19-7-5-17(6-8-19)21(25)18-11-14-24(15-12-18)13-1-2-16-3-9-20(23)10-4-16/h1-10,18H,11-15,23H2. The normalized spacial score (nSPS) is 16.4. The Morgan fingerprint density at radius 3 is 2.36 bits per heavy atom. The van der Waals surface area contributed by atoms with E-state index in [0.717, 1.165) is 43.7 Å². The van der Waals surface area contributed by atoms with Crippen LogP contribution in [0.5, 0.6) is 0 Å². The predicted molar refractivity (Wildman–Crippen MR) is 99.8 cm³/mol. The number of rotatable bonds is 5. The van der Waals surface area contributed by atoms with E-state index >= 15 is 0 Å². The van der Waals surface area contributed by atoms with Gasteiger partial charge in [0.2, 0.25) is 0 Å². The molecule has 0 aliphatic carbocycles. The largest absolute Gasteiger partial charge is 0.399 e. The van der Waals surface area contributed by atoms with Crippen LogP contribution in [0.3, 0.4) is 0 Å². The Bertz CT molecular complexity index is 729. The van der Waals surface area contributed by atoms with Crippen molar-refractivity contribution in [3.05, 3.63) is 71.6 Å². The van der Waals surface area contributed by atoms with Gasteiger partial charge in [-0.1, -0.05) is 24.3 Å². The van der Waals surface area contributed by atoms with Crippen molar-refractivity contribution >= 4 is 17.5 Å². The summed E-state index contributed by atoms with van der Waals surface area (Å²) in [4.78, 5) is 14.8. The molecule has 0 bridgehead atoms. The zero-order valence-corrected chi connectivity index (χ0v) is 14.2. The highest BCUT2D eigenvalue weighted by Crippen LogP contribution is 2.22. The summed E-state index contributed by atoms with van der Waals surface area (Å²) in [5, 5.41) is 0. The van der Waals surface area contributed by atoms with Gasteiger partial charge < -0.3 is 5.73 Å². The number of nitrogens with two attached hydrogens (primary N) is 1. The highest BCUT2D eigenvalue weighted by Gasteiger charge is 2.25. The van der Waals surface area contributed by atoms with Crippen molar-refractivity contribution in [1.82, 2.24) is 4.90 Å². The van der Waals surface area contributed by atoms with E-state index in [0.29, 0.717) is 5.56 Å². The van der Waals surface area contributed by atoms with E-state index in [2.05, 4.69) is 17.1 Å². The Morgan fingerprint density at radius 2 is 1.72 bits per heavy atom. The van der Waals surface area contributed by atoms with Crippen molar-refractivity contribution < 1.29 is 9.18 Å². The zero-order chi connectivity index (χ0) is 17.6. The van der Waals surface area contributed by atoms with E-state index in [1.54, 1.807) is 12.1 Å². The fourth-order valence-electron chi connectivity index (χ4n) is 3.17. The molecule has 130 valence electrons. The van der Waals surface area contributed by atoms with Crippen LogP contribution in [-0.2, 0) is 0 Å². The van der Waals surface area contributed by atoms with Crippen molar-refractivity contribution in [3.63, 3.8) is 0 Å². The predicted octanol–water partition coefficient (Wildman–Crippen LogP) is 4.02. The second kappa shape index (κ2) is 8.08. The van der Waals surface area contributed by atoms with Crippen molar-refractivity contribution in [2.24, 2.45) is 5.92 Å². The Morgan fingerprint density at radius 1 is 1.08 bits per heavy atom. The maximum absolute atomic E-state index is 13.0. The summed E-state index contributed by atoms with van der Waals surface area (Å²) in [6.45, 7) is 2.69. The van der Waals surface area contributed by atoms with Crippen LogP contribution in [0.1, 0.15) is 28.8 Å². The van der Waals surface area contributed by atoms with E-state index in [9.17, 15) is 9.18 Å². The first-order chi connectivity index (χ1) is 12.1. The number of anilines is 1. The third kappa shape index (κ3) is 4.77. The van der Waals surface area contributed by atoms with Crippen LogP contribution >= 0.6 is 0 Å². The third-order valence-corrected chi connectivity index (χ3v) is 4.70. The quantitative estimate of drug-likeness (QED) is 0.662. The first-order valence-electron chi connectivity index (χ1n) is 8.66. The summed E-state index contributed by atoms with van der Waals surface area (Å²) < 4.78 is 13.0. The van der Waals surface area contributed by atoms with Crippen LogP contribution in [0, 0.1) is 11.7 Å². The van der Waals surface area contributed by atoms with Gasteiger partial charge in [0, 0.05) is 23.7 Å². The lowest BCUT2D eigenvalue weighted by molar-refractivity contribution is 0.0848. The number of hydrogen-bond acceptors (Lipinski definition) is 3. The summed E-state index contributed by atoms with van der Waals surface area (Å²) in [6, 6.07) is 13.7. The fourth-order valence-corrected chi connectivity index (χ4v) is 3.17. The van der Waals surface area contributed by atoms with Gasteiger partial charge in [-0.3, -0.25) is 9.69 Å². The van der Waals surface area contributed by atoms with Gasteiger partial charge in [-0.15, -0.1) is 0 Å². The summed E-state index contributed by atoms with van der Waals surface area (Å²) >= 11 is 0. The maximum Gasteiger partial charge on any atom is 0.166 e. The van der Waals surface area contributed by atoms with E-state index in [4.69, 9.17) is 5.73 Å². The highest BCUT2D eigenvalue weighted by molar-refractivity contribution is 5.97. The van der Waals surface area contributed by atoms with Gasteiger partial charge in [-0.25, -0.2) is 4.39 Å². The van der Waals surface area contributed by atoms with Gasteiger partial charge in [-0.2, -0.15) is 0 Å². The summed E-state index contributed by atoms with van der Waals surface area (Å²) in [5.41, 5.74) is 8.20. The van der Waals surface area contributed by atoms with Gasteiger partial charge in [-0.05, 0) is 67.9 Å². The number of halogens is 1. The first-order valence-corrected chi connectivity index (χ1v) is 8.66. The molecule has 1 heterocycles. The Kier molecular flexibility index (Phi) is 5.61. The number of nitrogens with zero attached hydrogens (tertiary/aromatic N) is 1. The molecule has 0 radical (unpaired) electrons. The van der Waals surface area contributed by atoms with E-state index < -0.39 is 0 Å². The second-order valence-electron chi connectivity index (χ2n) is 6.52. The van der Waals surface area contributed by atoms with Gasteiger partial charge >= 0.3 is 0 Å². The van der Waals surface area contributed by atoms with Gasteiger partial charge in [0.25, 0.3) is 0 Å². The minimum atomic E-state index is -0.306. The zero-order valence-electron chi connectivity index (χ0n) is 14.2. The summed E-state index contributed by atoms with van der Waals surface area (Å²) in [7, 11) is 0. The Labute approximate surface area is 148 Å². The molecule has 0 amide bonds. The molecule has 2 aromatic carbocycles. The van der Waals surface area contributed by atoms with Gasteiger partial charge in [0.05, 0.1) is 0 Å². The molecule has 0 unspecified atom stereocenters. The first kappa shape index (κ1) is 17.4. The van der Waals surface area contributed by atoms with Crippen LogP contribution in [0.15, 0.2) is 54.6 Å². The number of benzene rings is 2. The van der Waals surface area contributed by atoms with Crippen LogP contribution in [0.25, 0.3) is 6.08 Å². The van der Waals surface area contributed by atoms with Crippen LogP contribution in [0.4, 0.5) is 10.1 Å². The molecular formula is C21H23FN2O. The molecule has 1 aliphatic heterocycles. The number of nitrogen functional groups attached to an aromatic ring is 1. The Balaban J connectivity index is 1.47. The number of hydrogen-bond donors (Lipinski definition) is 1. The van der Waals surface area contributed by atoms with Crippen molar-refractivity contribution in [3.8, 4) is 0 Å². The molecule has 1 aliphatic rings. The topological polar surface area (TPSA) is 46.3 Å². The van der Waals surface area contributed by atoms with Gasteiger partial charge in [0.1, 0.15) is 5.82 Å². The van der Waals surface area contributed by atoms with Crippen LogP contribution in [-0.4, -0.2) is 30.3 Å². The molecule has 25 heavy (non-hydrogen) atoms. The van der Waals surface area contributed by atoms with Crippen molar-refractivity contribution in [2.45, 2.75) is 12.8 Å². The number of Topliss-reactive ketones (excluding diaryl/α,β-unsaturated/α-hetero) is 1. The van der Waals surface area contributed by atoms with E-state index in [1.165, 1.54) is 12.1 Å². The van der Waals surface area contributed by atoms with E-state index in [1.807, 2.05) is 24.3 Å². The molecule has 0 saturated carbocycles. The molecule has 1 fully saturated rings. The highest BCUT2D eigenvalue weighted by atomic mass is 19.1. The molecule has 0 spiro atoms. The minimum Gasteiger partial charge on any atom is -0.399 e. The number of likely N-dealkylation sites (tertiary alicyclic amines) is 1. The number of carbonyl (C=O) groups is 1. The van der Waals surface area contributed by atoms with Crippen LogP contribution < -0.4 is 5.73 Å². The molecule has 1 saturated heterocycles. The molecule has 4 heteroatoms.